The molecule has 0 spiro atoms. The smallest absolute Gasteiger partial charge is 0.229 e. The van der Waals surface area contributed by atoms with Crippen molar-refractivity contribution in [1.29, 1.82) is 0 Å². The summed E-state index contributed by atoms with van der Waals surface area (Å²) in [6, 6.07) is -0.0278. The number of hydrogen-bond acceptors (Lipinski definition) is 4. The lowest BCUT2D eigenvalue weighted by Gasteiger charge is -2.20. The van der Waals surface area contributed by atoms with Crippen LogP contribution in [0.25, 0.3) is 0 Å². The number of amides is 3. The number of hydrogen-bond donors (Lipinski definition) is 1. The van der Waals surface area contributed by atoms with Crippen LogP contribution in [0.2, 0.25) is 0 Å². The third kappa shape index (κ3) is 3.53. The number of ether oxygens (including phenoxy) is 1. The average Bonchev–Trinajstić information content (AvgIpc) is 2.98. The zero-order chi connectivity index (χ0) is 13.8. The van der Waals surface area contributed by atoms with Crippen LogP contribution in [0.5, 0.6) is 0 Å². The molecule has 1 N–H and O–H groups in total. The summed E-state index contributed by atoms with van der Waals surface area (Å²) >= 11 is 0. The maximum atomic E-state index is 11.8. The van der Waals surface area contributed by atoms with E-state index < -0.39 is 0 Å². The summed E-state index contributed by atoms with van der Waals surface area (Å²) in [7, 11) is 0. The highest BCUT2D eigenvalue weighted by Crippen LogP contribution is 2.15. The highest BCUT2D eigenvalue weighted by atomic mass is 16.5. The molecule has 6 nitrogen and oxygen atoms in total. The van der Waals surface area contributed by atoms with E-state index in [1.165, 1.54) is 4.90 Å². The monoisotopic (exact) mass is 268 g/mol. The summed E-state index contributed by atoms with van der Waals surface area (Å²) in [5.74, 6) is -0.495. The van der Waals surface area contributed by atoms with Crippen molar-refractivity contribution in [2.45, 2.75) is 51.2 Å². The fourth-order valence-electron chi connectivity index (χ4n) is 2.50. The molecule has 0 aromatic heterocycles. The van der Waals surface area contributed by atoms with Gasteiger partial charge in [0, 0.05) is 32.4 Å². The lowest BCUT2D eigenvalue weighted by molar-refractivity contribution is -0.138. The fraction of sp³-hybridized carbons (Fsp3) is 0.769. The van der Waals surface area contributed by atoms with Crippen LogP contribution in [-0.4, -0.2) is 47.9 Å². The quantitative estimate of drug-likeness (QED) is 0.723. The Balaban J connectivity index is 1.72. The second-order valence-corrected chi connectivity index (χ2v) is 5.10. The van der Waals surface area contributed by atoms with E-state index in [9.17, 15) is 14.4 Å². The number of rotatable bonds is 5. The predicted octanol–water partition coefficient (Wildman–Crippen LogP) is 0.209. The van der Waals surface area contributed by atoms with Gasteiger partial charge in [0.05, 0.1) is 12.1 Å². The summed E-state index contributed by atoms with van der Waals surface area (Å²) in [4.78, 5) is 35.7. The molecule has 0 saturated carbocycles. The molecule has 19 heavy (non-hydrogen) atoms. The summed E-state index contributed by atoms with van der Waals surface area (Å²) in [6.07, 6.45) is 2.78. The van der Waals surface area contributed by atoms with Gasteiger partial charge in [0.15, 0.2) is 0 Å². The molecule has 2 aliphatic heterocycles. The van der Waals surface area contributed by atoms with Crippen LogP contribution in [0.4, 0.5) is 0 Å². The average molecular weight is 268 g/mol. The second kappa shape index (κ2) is 6.14. The van der Waals surface area contributed by atoms with Gasteiger partial charge < -0.3 is 10.1 Å². The predicted molar refractivity (Wildman–Crippen MR) is 67.1 cm³/mol. The Morgan fingerprint density at radius 2 is 2.11 bits per heavy atom. The molecule has 3 amide bonds. The molecule has 2 atom stereocenters. The normalized spacial score (nSPS) is 24.9. The Bertz CT molecular complexity index is 361. The van der Waals surface area contributed by atoms with Crippen LogP contribution in [-0.2, 0) is 19.1 Å². The van der Waals surface area contributed by atoms with Crippen LogP contribution < -0.4 is 5.32 Å². The van der Waals surface area contributed by atoms with E-state index in [2.05, 4.69) is 5.32 Å². The minimum absolute atomic E-state index is 0.0278. The largest absolute Gasteiger partial charge is 0.376 e. The minimum atomic E-state index is -0.176. The Morgan fingerprint density at radius 1 is 1.42 bits per heavy atom. The van der Waals surface area contributed by atoms with Crippen molar-refractivity contribution in [3.8, 4) is 0 Å². The van der Waals surface area contributed by atoms with Gasteiger partial charge >= 0.3 is 0 Å². The number of nitrogens with zero attached hydrogens (tertiary/aromatic N) is 1. The van der Waals surface area contributed by atoms with E-state index in [0.29, 0.717) is 0 Å². The summed E-state index contributed by atoms with van der Waals surface area (Å²) in [5.41, 5.74) is 0. The topological polar surface area (TPSA) is 75.7 Å². The molecule has 0 aromatic rings. The van der Waals surface area contributed by atoms with Gasteiger partial charge in [-0.2, -0.15) is 0 Å². The lowest BCUT2D eigenvalue weighted by Crippen LogP contribution is -2.42. The molecule has 2 heterocycles. The first-order chi connectivity index (χ1) is 9.08. The second-order valence-electron chi connectivity index (χ2n) is 5.10. The number of carbonyl (C=O) groups is 3. The van der Waals surface area contributed by atoms with Gasteiger partial charge in [-0.15, -0.1) is 0 Å². The number of likely N-dealkylation sites (tertiary alicyclic amines) is 1. The summed E-state index contributed by atoms with van der Waals surface area (Å²) < 4.78 is 5.49. The maximum Gasteiger partial charge on any atom is 0.229 e. The molecule has 106 valence electrons. The first-order valence-electron chi connectivity index (χ1n) is 6.82. The van der Waals surface area contributed by atoms with Crippen molar-refractivity contribution in [3.05, 3.63) is 0 Å². The summed E-state index contributed by atoms with van der Waals surface area (Å²) in [5, 5.41) is 2.86. The van der Waals surface area contributed by atoms with Crippen molar-refractivity contribution in [1.82, 2.24) is 10.2 Å². The molecule has 0 bridgehead atoms. The van der Waals surface area contributed by atoms with Crippen LogP contribution >= 0.6 is 0 Å². The maximum absolute atomic E-state index is 11.8. The summed E-state index contributed by atoms with van der Waals surface area (Å²) in [6.45, 7) is 2.85. The van der Waals surface area contributed by atoms with Gasteiger partial charge in [0.2, 0.25) is 17.7 Å². The number of imide groups is 1. The van der Waals surface area contributed by atoms with Gasteiger partial charge in [0.25, 0.3) is 0 Å². The molecular formula is C13H20N2O4. The van der Waals surface area contributed by atoms with E-state index >= 15 is 0 Å². The Hall–Kier alpha value is -1.43. The Morgan fingerprint density at radius 3 is 2.68 bits per heavy atom. The third-order valence-corrected chi connectivity index (χ3v) is 3.63. The van der Waals surface area contributed by atoms with Crippen LogP contribution in [0, 0.1) is 0 Å². The van der Waals surface area contributed by atoms with Gasteiger partial charge in [-0.1, -0.05) is 0 Å². The zero-order valence-electron chi connectivity index (χ0n) is 11.2. The molecule has 0 aliphatic carbocycles. The van der Waals surface area contributed by atoms with E-state index in [1.54, 1.807) is 0 Å². The standard InChI is InChI=1S/C13H20N2O4/c1-9(10-3-2-8-19-10)14-11(16)6-7-15-12(17)4-5-13(15)18/h9-10H,2-8H2,1H3,(H,14,16). The molecular weight excluding hydrogens is 248 g/mol. The van der Waals surface area contributed by atoms with Gasteiger partial charge in [0.1, 0.15) is 0 Å². The van der Waals surface area contributed by atoms with Crippen molar-refractivity contribution in [2.24, 2.45) is 0 Å². The SMILES string of the molecule is CC(NC(=O)CCN1C(=O)CCC1=O)C1CCCO1. The molecule has 2 saturated heterocycles. The molecule has 2 rings (SSSR count). The van der Waals surface area contributed by atoms with Crippen LogP contribution in [0.1, 0.15) is 39.0 Å². The minimum Gasteiger partial charge on any atom is -0.376 e. The van der Waals surface area contributed by atoms with Gasteiger partial charge in [-0.3, -0.25) is 19.3 Å². The highest BCUT2D eigenvalue weighted by Gasteiger charge is 2.29. The van der Waals surface area contributed by atoms with Crippen molar-refractivity contribution in [2.75, 3.05) is 13.2 Å². The van der Waals surface area contributed by atoms with E-state index in [1.807, 2.05) is 6.92 Å². The highest BCUT2D eigenvalue weighted by molar-refractivity contribution is 6.02. The van der Waals surface area contributed by atoms with Crippen molar-refractivity contribution >= 4 is 17.7 Å². The fourth-order valence-corrected chi connectivity index (χ4v) is 2.50. The molecule has 0 radical (unpaired) electrons. The molecule has 6 heteroatoms. The van der Waals surface area contributed by atoms with Crippen LogP contribution in [0.15, 0.2) is 0 Å². The van der Waals surface area contributed by atoms with E-state index in [-0.39, 0.29) is 55.7 Å². The van der Waals surface area contributed by atoms with Gasteiger partial charge in [-0.25, -0.2) is 0 Å². The van der Waals surface area contributed by atoms with E-state index in [4.69, 9.17) is 4.74 Å². The zero-order valence-corrected chi connectivity index (χ0v) is 11.2. The van der Waals surface area contributed by atoms with Gasteiger partial charge in [-0.05, 0) is 19.8 Å². The first kappa shape index (κ1) is 14.0. The van der Waals surface area contributed by atoms with Crippen LogP contribution in [0.3, 0.4) is 0 Å². The Kier molecular flexibility index (Phi) is 4.52. The molecule has 2 unspecified atom stereocenters. The molecule has 0 aromatic carbocycles. The third-order valence-electron chi connectivity index (χ3n) is 3.63. The molecule has 2 fully saturated rings. The Labute approximate surface area is 112 Å². The molecule has 2 aliphatic rings. The number of carbonyl (C=O) groups excluding carboxylic acids is 3. The van der Waals surface area contributed by atoms with Crippen molar-refractivity contribution in [3.63, 3.8) is 0 Å². The van der Waals surface area contributed by atoms with E-state index in [0.717, 1.165) is 19.4 Å². The first-order valence-corrected chi connectivity index (χ1v) is 6.82. The van der Waals surface area contributed by atoms with Crippen molar-refractivity contribution < 1.29 is 19.1 Å². The lowest BCUT2D eigenvalue weighted by atomic mass is 10.1. The number of nitrogens with one attached hydrogen (secondary N) is 1.